The molecule has 4 aliphatic rings. The van der Waals surface area contributed by atoms with E-state index in [1.165, 1.54) is 25.4 Å². The van der Waals surface area contributed by atoms with Crippen molar-refractivity contribution in [1.29, 1.82) is 10.5 Å². The third-order valence-corrected chi connectivity index (χ3v) is 16.8. The van der Waals surface area contributed by atoms with Gasteiger partial charge >= 0.3 is 29.6 Å². The van der Waals surface area contributed by atoms with Gasteiger partial charge in [0.15, 0.2) is 22.9 Å². The number of likely N-dealkylation sites (N-methyl/N-ethyl adjacent to an activating group) is 3. The number of nitrogens with one attached hydrogen (secondary N) is 4. The number of amides is 7. The third-order valence-electron chi connectivity index (χ3n) is 16.8. The molecule has 552 valence electrons. The molecule has 34 heteroatoms. The number of ether oxygens (including phenoxy) is 3. The summed E-state index contributed by atoms with van der Waals surface area (Å²) in [7, 11) is 4.78. The summed E-state index contributed by atoms with van der Waals surface area (Å²) in [5.74, 6) is 0.424. The van der Waals surface area contributed by atoms with Crippen molar-refractivity contribution in [1.82, 2.24) is 56.9 Å². The van der Waals surface area contributed by atoms with Crippen LogP contribution in [0.15, 0.2) is 193 Å². The van der Waals surface area contributed by atoms with Crippen LogP contribution in [0.25, 0.3) is 11.4 Å². The molecule has 0 aliphatic carbocycles. The predicted molar refractivity (Wildman–Crippen MR) is 386 cm³/mol. The number of carbonyl (C=O) groups excluding carboxylic acids is 7. The Labute approximate surface area is 645 Å². The van der Waals surface area contributed by atoms with Gasteiger partial charge in [0, 0.05) is 81.8 Å². The number of benzene rings is 6. The van der Waals surface area contributed by atoms with Crippen LogP contribution in [0.1, 0.15) is 108 Å². The van der Waals surface area contributed by atoms with E-state index >= 15 is 0 Å². The molecular weight excluding hydrogens is 1410 g/mol. The SMILES string of the molecule is CC.CN1C(=O)[C@@H](NC(=O)c2cc(Cc3ccccc3)on2)COc2ccc(-c3nnnn3CCC#N)cc21.CN1C(=O)[C@@H](NC(=O)c2cc(Cc3ccccc3)on2)COc2ccc(C(=O)NCCC#N)cc21.CN1C(=O)[C@@H](NC(=O)c2cc(Cc3ccccc3)on2)COc2ccc(C3=NN=NC3)cc21.[Na+].[OH-]. The second kappa shape index (κ2) is 38.3. The van der Waals surface area contributed by atoms with Gasteiger partial charge in [0.2, 0.25) is 0 Å². The van der Waals surface area contributed by atoms with E-state index < -0.39 is 41.8 Å². The molecule has 0 unspecified atom stereocenters. The molecular formula is C75H72N19NaO14. The Morgan fingerprint density at radius 1 is 0.514 bits per heavy atom. The molecule has 0 spiro atoms. The average molecular weight is 1490 g/mol. The fourth-order valence-electron chi connectivity index (χ4n) is 11.3. The smallest absolute Gasteiger partial charge is 0.870 e. The number of tetrazole rings is 1. The van der Waals surface area contributed by atoms with E-state index in [1.54, 1.807) is 81.8 Å². The van der Waals surface area contributed by atoms with Gasteiger partial charge < -0.3 is 69.2 Å². The summed E-state index contributed by atoms with van der Waals surface area (Å²) >= 11 is 0. The Bertz CT molecular complexity index is 5020. The minimum Gasteiger partial charge on any atom is -0.870 e. The zero-order valence-electron chi connectivity index (χ0n) is 60.1. The maximum atomic E-state index is 13.2. The van der Waals surface area contributed by atoms with Crippen molar-refractivity contribution in [2.24, 2.45) is 15.4 Å². The molecule has 3 atom stereocenters. The third kappa shape index (κ3) is 20.1. The molecule has 0 radical (unpaired) electrons. The summed E-state index contributed by atoms with van der Waals surface area (Å²) in [5.41, 5.74) is 7.28. The number of nitrogens with zero attached hydrogens (tertiary/aromatic N) is 15. The standard InChI is InChI=1S/C25H22N8O4.C25H23N5O5.C23H20N6O4.C2H6.Na.H2O/c1-32-21-13-17(23-28-30-31-33(23)11-5-10-26)8-9-22(21)36-15-20(25(32)35)27-24(34)19-14-18(37-29-19)12-16-6-3-2-4-7-16;1-30-21-13-17(23(31)27-11-5-10-26)8-9-22(21)34-15-20(25(30)33)28-24(32)19-14-18(35-29-19)12-16-6-3-2-4-7-16;1-29-20-10-15(18-12-24-28-26-18)7-8-21(20)32-13-19(23(29)31)25-22(30)17-11-16(33-27-17)9-14-5-3-2-4-6-14;1-2;;/h2-4,6-9,13-14,20H,5,11-12,15H2,1H3,(H,27,34);2-4,6-9,13-14,20H,5,11-12,15H2,1H3,(H,27,31)(H,28,32);2-8,10-11,19H,9,12-13H2,1H3,(H,25,30);1-2H3;;1H2/q;;;;+1;/p-1/t2*20-;19-;;;/m000.../s1. The Morgan fingerprint density at radius 3 is 1.33 bits per heavy atom. The molecule has 4 aliphatic heterocycles. The minimum atomic E-state index is -0.970. The first-order valence-electron chi connectivity index (χ1n) is 33.8. The van der Waals surface area contributed by atoms with Gasteiger partial charge in [-0.2, -0.15) is 15.6 Å². The minimum absolute atomic E-state index is 0. The first kappa shape index (κ1) is 80.0. The fraction of sp³-hybridized carbons (Fsp3) is 0.253. The van der Waals surface area contributed by atoms with Gasteiger partial charge in [-0.1, -0.05) is 120 Å². The molecule has 0 saturated carbocycles. The first-order chi connectivity index (χ1) is 52.1. The summed E-state index contributed by atoms with van der Waals surface area (Å²) in [6, 6.07) is 50.3. The predicted octanol–water partition coefficient (Wildman–Crippen LogP) is 4.49. The number of hydrogen-bond acceptors (Lipinski definition) is 25. The average Bonchev–Trinajstić information content (AvgIpc) is 1.72. The Hall–Kier alpha value is -13.1. The van der Waals surface area contributed by atoms with Crippen molar-refractivity contribution in [3.05, 3.63) is 226 Å². The summed E-state index contributed by atoms with van der Waals surface area (Å²) in [4.78, 5) is 94.3. The summed E-state index contributed by atoms with van der Waals surface area (Å²) < 4.78 is 34.9. The van der Waals surface area contributed by atoms with Gasteiger partial charge in [-0.15, -0.1) is 10.2 Å². The van der Waals surface area contributed by atoms with Gasteiger partial charge in [-0.25, -0.2) is 4.68 Å². The zero-order chi connectivity index (χ0) is 75.3. The van der Waals surface area contributed by atoms with Crippen molar-refractivity contribution >= 4 is 64.1 Å². The normalized spacial score (nSPS) is 15.1. The molecule has 4 aromatic heterocycles. The van der Waals surface area contributed by atoms with E-state index in [-0.39, 0.29) is 109 Å². The first-order valence-corrected chi connectivity index (χ1v) is 33.8. The molecule has 0 bridgehead atoms. The van der Waals surface area contributed by atoms with Gasteiger partial charge in [0.05, 0.1) is 54.3 Å². The molecule has 14 rings (SSSR count). The van der Waals surface area contributed by atoms with Crippen molar-refractivity contribution in [2.45, 2.75) is 70.6 Å². The Balaban J connectivity index is 0.000000185. The second-order valence-corrected chi connectivity index (χ2v) is 24.0. The molecule has 5 N–H and O–H groups in total. The Morgan fingerprint density at radius 2 is 0.917 bits per heavy atom. The van der Waals surface area contributed by atoms with Crippen LogP contribution in [-0.2, 0) is 40.2 Å². The summed E-state index contributed by atoms with van der Waals surface area (Å²) in [6.45, 7) is 4.78. The van der Waals surface area contributed by atoms with Crippen LogP contribution in [-0.4, -0.2) is 160 Å². The number of hydrogen-bond donors (Lipinski definition) is 4. The molecule has 0 saturated heterocycles. The van der Waals surface area contributed by atoms with E-state index in [4.69, 9.17) is 38.3 Å². The van der Waals surface area contributed by atoms with Gasteiger partial charge in [-0.3, -0.25) is 33.6 Å². The molecule has 33 nitrogen and oxygen atoms in total. The number of rotatable bonds is 19. The molecule has 109 heavy (non-hydrogen) atoms. The zero-order valence-corrected chi connectivity index (χ0v) is 62.1. The molecule has 7 amide bonds. The van der Waals surface area contributed by atoms with Crippen molar-refractivity contribution in [3.63, 3.8) is 0 Å². The van der Waals surface area contributed by atoms with Crippen molar-refractivity contribution in [2.75, 3.05) is 68.8 Å². The van der Waals surface area contributed by atoms with Gasteiger partial charge in [-0.05, 0) is 86.9 Å². The monoisotopic (exact) mass is 1490 g/mol. The molecule has 0 fully saturated rings. The summed E-state index contributed by atoms with van der Waals surface area (Å²) in [6.07, 6.45) is 1.94. The van der Waals surface area contributed by atoms with Crippen LogP contribution >= 0.6 is 0 Å². The topological polar surface area (TPSA) is 441 Å². The van der Waals surface area contributed by atoms with Crippen molar-refractivity contribution in [3.8, 4) is 40.8 Å². The Kier molecular flexibility index (Phi) is 28.1. The van der Waals surface area contributed by atoms with Gasteiger partial charge in [0.25, 0.3) is 41.4 Å². The quantitative estimate of drug-likeness (QED) is 0.0640. The van der Waals surface area contributed by atoms with E-state index in [0.29, 0.717) is 107 Å². The maximum Gasteiger partial charge on any atom is 1.00 e. The van der Waals surface area contributed by atoms with Crippen molar-refractivity contribution < 1.29 is 96.4 Å². The number of anilines is 3. The number of aromatic nitrogens is 7. The van der Waals surface area contributed by atoms with E-state index in [1.807, 2.05) is 117 Å². The molecule has 6 aromatic carbocycles. The van der Waals surface area contributed by atoms with Crippen LogP contribution in [0.4, 0.5) is 17.1 Å². The second-order valence-electron chi connectivity index (χ2n) is 24.0. The number of nitriles is 2. The fourth-order valence-corrected chi connectivity index (χ4v) is 11.3. The maximum absolute atomic E-state index is 13.2. The van der Waals surface area contributed by atoms with E-state index in [0.717, 1.165) is 22.3 Å². The molecule has 10 aromatic rings. The largest absolute Gasteiger partial charge is 1.00 e. The number of fused-ring (bicyclic) bond motifs is 3. The van der Waals surface area contributed by atoms with Gasteiger partial charge in [0.1, 0.15) is 79.0 Å². The number of carbonyl (C=O) groups is 7. The van der Waals surface area contributed by atoms with Crippen LogP contribution < -0.4 is 79.7 Å². The van der Waals surface area contributed by atoms with Crippen LogP contribution in [0.5, 0.6) is 17.2 Å². The number of aryl methyl sites for hydroxylation is 1. The van der Waals surface area contributed by atoms with E-state index in [9.17, 15) is 33.6 Å². The van der Waals surface area contributed by atoms with Crippen LogP contribution in [0.3, 0.4) is 0 Å². The summed E-state index contributed by atoms with van der Waals surface area (Å²) in [5, 5.41) is 62.9. The van der Waals surface area contributed by atoms with Crippen LogP contribution in [0.2, 0.25) is 0 Å². The van der Waals surface area contributed by atoms with E-state index in [2.05, 4.69) is 73.8 Å². The van der Waals surface area contributed by atoms with Crippen LogP contribution in [0, 0.1) is 22.7 Å². The molecule has 8 heterocycles.